The maximum absolute atomic E-state index is 11.8. The minimum Gasteiger partial charge on any atom is -0.399 e. The monoisotopic (exact) mass is 232 g/mol. The van der Waals surface area contributed by atoms with Crippen molar-refractivity contribution >= 4 is 11.6 Å². The van der Waals surface area contributed by atoms with E-state index < -0.39 is 0 Å². The van der Waals surface area contributed by atoms with Crippen molar-refractivity contribution in [2.75, 3.05) is 5.73 Å². The van der Waals surface area contributed by atoms with Crippen LogP contribution in [0.5, 0.6) is 0 Å². The third kappa shape index (κ3) is 3.22. The van der Waals surface area contributed by atoms with Gasteiger partial charge in [-0.1, -0.05) is 12.1 Å². The lowest BCUT2D eigenvalue weighted by Crippen LogP contribution is -2.50. The molecule has 3 heteroatoms. The Labute approximate surface area is 102 Å². The molecule has 1 fully saturated rings. The normalized spacial score (nSPS) is 17.2. The fourth-order valence-electron chi connectivity index (χ4n) is 2.17. The molecule has 1 saturated carbocycles. The number of hydrogen-bond acceptors (Lipinski definition) is 2. The molecule has 2 rings (SSSR count). The number of nitrogens with two attached hydrogens (primary N) is 1. The number of anilines is 1. The fourth-order valence-corrected chi connectivity index (χ4v) is 2.17. The van der Waals surface area contributed by atoms with Gasteiger partial charge in [-0.15, -0.1) is 0 Å². The number of nitrogen functional groups attached to an aromatic ring is 1. The number of rotatable bonds is 4. The molecule has 1 aliphatic rings. The summed E-state index contributed by atoms with van der Waals surface area (Å²) in [5.74, 6) is 0.157. The Morgan fingerprint density at radius 3 is 2.53 bits per heavy atom. The Bertz CT molecular complexity index is 393. The van der Waals surface area contributed by atoms with Crippen LogP contribution in [0.4, 0.5) is 5.69 Å². The number of amides is 1. The molecule has 17 heavy (non-hydrogen) atoms. The van der Waals surface area contributed by atoms with Gasteiger partial charge in [0.15, 0.2) is 0 Å². The molecular formula is C14H20N2O. The molecule has 0 aliphatic heterocycles. The topological polar surface area (TPSA) is 55.1 Å². The van der Waals surface area contributed by atoms with Gasteiger partial charge in [0.05, 0.1) is 0 Å². The lowest BCUT2D eigenvalue weighted by atomic mass is 9.78. The zero-order valence-electron chi connectivity index (χ0n) is 10.3. The minimum atomic E-state index is 0.0677. The number of carbonyl (C=O) groups is 1. The van der Waals surface area contributed by atoms with Crippen molar-refractivity contribution in [3.8, 4) is 0 Å². The molecule has 0 spiro atoms. The van der Waals surface area contributed by atoms with Gasteiger partial charge in [0.1, 0.15) is 0 Å². The maximum Gasteiger partial charge on any atom is 0.220 e. The highest BCUT2D eigenvalue weighted by atomic mass is 16.1. The summed E-state index contributed by atoms with van der Waals surface area (Å²) in [4.78, 5) is 11.8. The van der Waals surface area contributed by atoms with E-state index >= 15 is 0 Å². The predicted octanol–water partition coefficient (Wildman–Crippen LogP) is 2.26. The van der Waals surface area contributed by atoms with E-state index in [9.17, 15) is 4.79 Å². The second kappa shape index (κ2) is 4.78. The number of benzene rings is 1. The molecule has 1 aromatic carbocycles. The third-order valence-corrected chi connectivity index (χ3v) is 3.52. The van der Waals surface area contributed by atoms with E-state index in [2.05, 4.69) is 12.2 Å². The highest BCUT2D eigenvalue weighted by Gasteiger charge is 2.32. The van der Waals surface area contributed by atoms with Crippen LogP contribution < -0.4 is 11.1 Å². The Morgan fingerprint density at radius 2 is 2.00 bits per heavy atom. The minimum absolute atomic E-state index is 0.0677. The summed E-state index contributed by atoms with van der Waals surface area (Å²) in [5.41, 5.74) is 7.60. The molecule has 1 aliphatic carbocycles. The second-order valence-corrected chi connectivity index (χ2v) is 5.20. The summed E-state index contributed by atoms with van der Waals surface area (Å²) < 4.78 is 0. The third-order valence-electron chi connectivity index (χ3n) is 3.52. The zero-order valence-corrected chi connectivity index (χ0v) is 10.3. The maximum atomic E-state index is 11.8. The van der Waals surface area contributed by atoms with Crippen LogP contribution in [0.2, 0.25) is 0 Å². The van der Waals surface area contributed by atoms with Gasteiger partial charge in [-0.3, -0.25) is 4.79 Å². The van der Waals surface area contributed by atoms with Crippen molar-refractivity contribution in [1.82, 2.24) is 5.32 Å². The van der Waals surface area contributed by atoms with E-state index in [0.717, 1.165) is 30.5 Å². The quantitative estimate of drug-likeness (QED) is 0.782. The molecule has 0 heterocycles. The Balaban J connectivity index is 1.78. The second-order valence-electron chi connectivity index (χ2n) is 5.20. The van der Waals surface area contributed by atoms with Crippen molar-refractivity contribution < 1.29 is 4.79 Å². The highest BCUT2D eigenvalue weighted by molar-refractivity contribution is 5.77. The zero-order chi connectivity index (χ0) is 12.3. The van der Waals surface area contributed by atoms with Gasteiger partial charge < -0.3 is 11.1 Å². The van der Waals surface area contributed by atoms with E-state index in [-0.39, 0.29) is 11.4 Å². The highest BCUT2D eigenvalue weighted by Crippen LogP contribution is 2.30. The van der Waals surface area contributed by atoms with Crippen molar-refractivity contribution in [3.63, 3.8) is 0 Å². The molecule has 0 saturated heterocycles. The first-order valence-electron chi connectivity index (χ1n) is 6.23. The van der Waals surface area contributed by atoms with Gasteiger partial charge in [-0.25, -0.2) is 0 Å². The van der Waals surface area contributed by atoms with Crippen molar-refractivity contribution in [3.05, 3.63) is 29.8 Å². The number of aryl methyl sites for hydroxylation is 1. The molecule has 0 radical (unpaired) electrons. The average molecular weight is 232 g/mol. The summed E-state index contributed by atoms with van der Waals surface area (Å²) in [6, 6.07) is 7.71. The smallest absolute Gasteiger partial charge is 0.220 e. The SMILES string of the molecule is CC1(NC(=O)CCc2ccc(N)cc2)CCC1. The Morgan fingerprint density at radius 1 is 1.35 bits per heavy atom. The van der Waals surface area contributed by atoms with E-state index in [4.69, 9.17) is 5.73 Å². The molecule has 0 atom stereocenters. The standard InChI is InChI=1S/C14H20N2O/c1-14(9-2-10-14)16-13(17)8-5-11-3-6-12(15)7-4-11/h3-4,6-7H,2,5,8-10,15H2,1H3,(H,16,17). The van der Waals surface area contributed by atoms with Crippen LogP contribution in [-0.2, 0) is 11.2 Å². The molecule has 92 valence electrons. The largest absolute Gasteiger partial charge is 0.399 e. The van der Waals surface area contributed by atoms with Gasteiger partial charge >= 0.3 is 0 Å². The number of hydrogen-bond donors (Lipinski definition) is 2. The van der Waals surface area contributed by atoms with Crippen LogP contribution in [0, 0.1) is 0 Å². The molecule has 0 aromatic heterocycles. The van der Waals surface area contributed by atoms with Crippen LogP contribution in [0.15, 0.2) is 24.3 Å². The molecule has 0 bridgehead atoms. The van der Waals surface area contributed by atoms with Crippen molar-refractivity contribution in [1.29, 1.82) is 0 Å². The van der Waals surface area contributed by atoms with Gasteiger partial charge in [0.25, 0.3) is 0 Å². The summed E-state index contributed by atoms with van der Waals surface area (Å²) in [6.45, 7) is 2.12. The van der Waals surface area contributed by atoms with Gasteiger partial charge in [-0.2, -0.15) is 0 Å². The summed E-state index contributed by atoms with van der Waals surface area (Å²) in [5, 5.41) is 3.11. The van der Waals surface area contributed by atoms with E-state index in [1.165, 1.54) is 6.42 Å². The van der Waals surface area contributed by atoms with Crippen molar-refractivity contribution in [2.24, 2.45) is 0 Å². The first-order chi connectivity index (χ1) is 8.07. The summed E-state index contributed by atoms with van der Waals surface area (Å²) in [6.07, 6.45) is 4.79. The molecule has 1 aromatic rings. The van der Waals surface area contributed by atoms with Crippen molar-refractivity contribution in [2.45, 2.75) is 44.6 Å². The molecule has 3 N–H and O–H groups in total. The van der Waals surface area contributed by atoms with E-state index in [1.807, 2.05) is 24.3 Å². The predicted molar refractivity (Wildman–Crippen MR) is 69.6 cm³/mol. The molecular weight excluding hydrogens is 212 g/mol. The van der Waals surface area contributed by atoms with E-state index in [1.54, 1.807) is 0 Å². The lowest BCUT2D eigenvalue weighted by Gasteiger charge is -2.39. The first kappa shape index (κ1) is 12.0. The summed E-state index contributed by atoms with van der Waals surface area (Å²) in [7, 11) is 0. The van der Waals surface area contributed by atoms with Crippen LogP contribution in [0.25, 0.3) is 0 Å². The van der Waals surface area contributed by atoms with Gasteiger partial charge in [0, 0.05) is 17.6 Å². The fraction of sp³-hybridized carbons (Fsp3) is 0.500. The Hall–Kier alpha value is -1.51. The number of nitrogens with one attached hydrogen (secondary N) is 1. The van der Waals surface area contributed by atoms with Crippen LogP contribution in [-0.4, -0.2) is 11.4 Å². The van der Waals surface area contributed by atoms with Gasteiger partial charge in [0.2, 0.25) is 5.91 Å². The lowest BCUT2D eigenvalue weighted by molar-refractivity contribution is -0.123. The molecule has 3 nitrogen and oxygen atoms in total. The Kier molecular flexibility index (Phi) is 3.36. The van der Waals surface area contributed by atoms with Crippen LogP contribution >= 0.6 is 0 Å². The molecule has 1 amide bonds. The molecule has 0 unspecified atom stereocenters. The van der Waals surface area contributed by atoms with Gasteiger partial charge in [-0.05, 0) is 50.3 Å². The van der Waals surface area contributed by atoms with Crippen LogP contribution in [0.3, 0.4) is 0 Å². The number of carbonyl (C=O) groups excluding carboxylic acids is 1. The summed E-state index contributed by atoms with van der Waals surface area (Å²) >= 11 is 0. The first-order valence-corrected chi connectivity index (χ1v) is 6.23. The van der Waals surface area contributed by atoms with Crippen LogP contribution in [0.1, 0.15) is 38.2 Å². The van der Waals surface area contributed by atoms with E-state index in [0.29, 0.717) is 6.42 Å². The average Bonchev–Trinajstić information content (AvgIpc) is 2.26.